The summed E-state index contributed by atoms with van der Waals surface area (Å²) in [5.41, 5.74) is 1.79. The van der Waals surface area contributed by atoms with Gasteiger partial charge in [0, 0.05) is 22.3 Å². The smallest absolute Gasteiger partial charge is 0.237 e. The van der Waals surface area contributed by atoms with Crippen LogP contribution in [-0.4, -0.2) is 32.9 Å². The first-order chi connectivity index (χ1) is 12.5. The molecule has 1 aromatic heterocycles. The van der Waals surface area contributed by atoms with Gasteiger partial charge in [-0.05, 0) is 50.2 Å². The lowest BCUT2D eigenvalue weighted by Crippen LogP contribution is -2.38. The highest BCUT2D eigenvalue weighted by Gasteiger charge is 2.19. The molecule has 0 aliphatic heterocycles. The van der Waals surface area contributed by atoms with Gasteiger partial charge in [0.1, 0.15) is 0 Å². The Morgan fingerprint density at radius 2 is 1.85 bits per heavy atom. The van der Waals surface area contributed by atoms with Gasteiger partial charge >= 0.3 is 0 Å². The highest BCUT2D eigenvalue weighted by molar-refractivity contribution is 7.99. The Kier molecular flexibility index (Phi) is 5.96. The van der Waals surface area contributed by atoms with Crippen molar-refractivity contribution in [3.8, 4) is 11.4 Å². The van der Waals surface area contributed by atoms with Crippen molar-refractivity contribution in [2.45, 2.75) is 25.0 Å². The van der Waals surface area contributed by atoms with Gasteiger partial charge in [-0.3, -0.25) is 9.89 Å². The van der Waals surface area contributed by atoms with Gasteiger partial charge in [0.05, 0.1) is 5.75 Å². The van der Waals surface area contributed by atoms with E-state index in [-0.39, 0.29) is 17.7 Å². The number of H-pyrrole nitrogens is 1. The van der Waals surface area contributed by atoms with E-state index in [1.807, 2.05) is 56.3 Å². The fourth-order valence-corrected chi connectivity index (χ4v) is 3.35. The maximum Gasteiger partial charge on any atom is 0.237 e. The molecule has 0 unspecified atom stereocenters. The Balaban J connectivity index is 1.66. The van der Waals surface area contributed by atoms with Crippen LogP contribution in [0.25, 0.3) is 11.4 Å². The molecule has 0 fully saturated rings. The first kappa shape index (κ1) is 18.5. The van der Waals surface area contributed by atoms with E-state index in [4.69, 9.17) is 11.6 Å². The zero-order chi connectivity index (χ0) is 18.5. The van der Waals surface area contributed by atoms with Gasteiger partial charge in [0.2, 0.25) is 11.1 Å². The van der Waals surface area contributed by atoms with E-state index < -0.39 is 0 Å². The number of thioether (sulfide) groups is 1. The molecule has 0 atom stereocenters. The van der Waals surface area contributed by atoms with Gasteiger partial charge in [-0.1, -0.05) is 41.6 Å². The molecule has 1 amide bonds. The van der Waals surface area contributed by atoms with Crippen LogP contribution >= 0.6 is 23.4 Å². The largest absolute Gasteiger partial charge is 0.309 e. The zero-order valence-electron chi connectivity index (χ0n) is 14.5. The van der Waals surface area contributed by atoms with E-state index in [1.54, 1.807) is 17.0 Å². The minimum absolute atomic E-state index is 0.0223. The molecule has 0 saturated heterocycles. The Morgan fingerprint density at radius 3 is 2.50 bits per heavy atom. The summed E-state index contributed by atoms with van der Waals surface area (Å²) in [6.45, 7) is 4.00. The summed E-state index contributed by atoms with van der Waals surface area (Å²) in [4.78, 5) is 18.9. The first-order valence-electron chi connectivity index (χ1n) is 8.23. The normalized spacial score (nSPS) is 10.9. The number of benzene rings is 2. The van der Waals surface area contributed by atoms with Crippen molar-refractivity contribution in [3.05, 3.63) is 59.6 Å². The summed E-state index contributed by atoms with van der Waals surface area (Å²) in [6, 6.07) is 17.1. The molecule has 0 aliphatic rings. The molecule has 3 rings (SSSR count). The molecule has 0 radical (unpaired) electrons. The number of anilines is 1. The number of rotatable bonds is 6. The van der Waals surface area contributed by atoms with Gasteiger partial charge in [-0.15, -0.1) is 5.10 Å². The summed E-state index contributed by atoms with van der Waals surface area (Å²) in [7, 11) is 0. The van der Waals surface area contributed by atoms with Crippen molar-refractivity contribution in [2.75, 3.05) is 10.7 Å². The van der Waals surface area contributed by atoms with Crippen LogP contribution in [0.2, 0.25) is 5.02 Å². The average molecular weight is 387 g/mol. The monoisotopic (exact) mass is 386 g/mol. The van der Waals surface area contributed by atoms with Crippen LogP contribution in [0.4, 0.5) is 5.69 Å². The fraction of sp³-hybridized carbons (Fsp3) is 0.211. The van der Waals surface area contributed by atoms with Crippen molar-refractivity contribution < 1.29 is 4.79 Å². The Bertz CT molecular complexity index is 865. The number of aromatic amines is 1. The highest BCUT2D eigenvalue weighted by atomic mass is 35.5. The molecule has 1 N–H and O–H groups in total. The molecule has 0 saturated carbocycles. The van der Waals surface area contributed by atoms with Gasteiger partial charge in [0.15, 0.2) is 5.82 Å². The number of hydrogen-bond donors (Lipinski definition) is 1. The van der Waals surface area contributed by atoms with E-state index in [9.17, 15) is 4.79 Å². The van der Waals surface area contributed by atoms with Gasteiger partial charge in [0.25, 0.3) is 0 Å². The van der Waals surface area contributed by atoms with Gasteiger partial charge in [-0.25, -0.2) is 4.98 Å². The zero-order valence-corrected chi connectivity index (χ0v) is 16.1. The van der Waals surface area contributed by atoms with E-state index in [0.29, 0.717) is 16.0 Å². The summed E-state index contributed by atoms with van der Waals surface area (Å²) < 4.78 is 0. The Morgan fingerprint density at radius 1 is 1.15 bits per heavy atom. The van der Waals surface area contributed by atoms with Crippen LogP contribution in [0.1, 0.15) is 13.8 Å². The predicted octanol–water partition coefficient (Wildman–Crippen LogP) is 4.66. The van der Waals surface area contributed by atoms with Crippen LogP contribution in [0.5, 0.6) is 0 Å². The molecule has 26 heavy (non-hydrogen) atoms. The van der Waals surface area contributed by atoms with Crippen molar-refractivity contribution in [1.29, 1.82) is 0 Å². The lowest BCUT2D eigenvalue weighted by Gasteiger charge is -2.26. The Hall–Kier alpha value is -2.31. The molecule has 2 aromatic carbocycles. The molecule has 3 aromatic rings. The number of para-hydroxylation sites is 1. The number of nitrogens with zero attached hydrogens (tertiary/aromatic N) is 3. The van der Waals surface area contributed by atoms with Crippen LogP contribution in [-0.2, 0) is 4.79 Å². The minimum Gasteiger partial charge on any atom is -0.309 e. The van der Waals surface area contributed by atoms with Crippen molar-refractivity contribution in [3.63, 3.8) is 0 Å². The number of carbonyl (C=O) groups excluding carboxylic acids is 1. The summed E-state index contributed by atoms with van der Waals surface area (Å²) in [6.07, 6.45) is 0. The molecule has 1 heterocycles. The molecule has 5 nitrogen and oxygen atoms in total. The standard InChI is InChI=1S/C19H19ClN4OS/c1-13(2)24(16-6-4-3-5-7-16)17(25)12-26-19-21-18(22-23-19)14-8-10-15(20)11-9-14/h3-11,13H,12H2,1-2H3,(H,21,22,23). The summed E-state index contributed by atoms with van der Waals surface area (Å²) in [5.74, 6) is 0.944. The van der Waals surface area contributed by atoms with Crippen LogP contribution in [0.3, 0.4) is 0 Å². The molecular weight excluding hydrogens is 368 g/mol. The number of halogens is 1. The summed E-state index contributed by atoms with van der Waals surface area (Å²) in [5, 5.41) is 8.30. The summed E-state index contributed by atoms with van der Waals surface area (Å²) >= 11 is 7.22. The molecule has 0 spiro atoms. The van der Waals surface area contributed by atoms with E-state index >= 15 is 0 Å². The minimum atomic E-state index is 0.0223. The predicted molar refractivity (Wildman–Crippen MR) is 107 cm³/mol. The van der Waals surface area contributed by atoms with Crippen LogP contribution < -0.4 is 4.90 Å². The molecule has 0 bridgehead atoms. The van der Waals surface area contributed by atoms with Gasteiger partial charge < -0.3 is 4.90 Å². The Labute approximate surface area is 161 Å². The second kappa shape index (κ2) is 8.38. The SMILES string of the molecule is CC(C)N(C(=O)CSc1n[nH]c(-c2ccc(Cl)cc2)n1)c1ccccc1. The van der Waals surface area contributed by atoms with Crippen molar-refractivity contribution >= 4 is 35.0 Å². The number of amides is 1. The molecular formula is C19H19ClN4OS. The number of nitrogens with one attached hydrogen (secondary N) is 1. The van der Waals surface area contributed by atoms with Crippen molar-refractivity contribution in [2.24, 2.45) is 0 Å². The molecule has 134 valence electrons. The van der Waals surface area contributed by atoms with Crippen molar-refractivity contribution in [1.82, 2.24) is 15.2 Å². The van der Waals surface area contributed by atoms with Gasteiger partial charge in [-0.2, -0.15) is 0 Å². The van der Waals surface area contributed by atoms with E-state index in [1.165, 1.54) is 11.8 Å². The number of hydrogen-bond acceptors (Lipinski definition) is 4. The fourth-order valence-electron chi connectivity index (χ4n) is 2.56. The second-order valence-corrected chi connectivity index (χ2v) is 7.33. The lowest BCUT2D eigenvalue weighted by atomic mass is 10.2. The lowest BCUT2D eigenvalue weighted by molar-refractivity contribution is -0.116. The molecule has 0 aliphatic carbocycles. The third-order valence-corrected chi connectivity index (χ3v) is 4.81. The quantitative estimate of drug-likeness (QED) is 0.626. The first-order valence-corrected chi connectivity index (χ1v) is 9.59. The maximum atomic E-state index is 12.7. The third-order valence-electron chi connectivity index (χ3n) is 3.73. The average Bonchev–Trinajstić information content (AvgIpc) is 3.10. The highest BCUT2D eigenvalue weighted by Crippen LogP contribution is 2.23. The molecule has 7 heteroatoms. The van der Waals surface area contributed by atoms with Crippen LogP contribution in [0.15, 0.2) is 59.8 Å². The van der Waals surface area contributed by atoms with E-state index in [0.717, 1.165) is 11.3 Å². The van der Waals surface area contributed by atoms with Crippen LogP contribution in [0, 0.1) is 0 Å². The topological polar surface area (TPSA) is 61.9 Å². The maximum absolute atomic E-state index is 12.7. The third kappa shape index (κ3) is 4.45. The second-order valence-electron chi connectivity index (χ2n) is 5.96. The number of aromatic nitrogens is 3. The van der Waals surface area contributed by atoms with E-state index in [2.05, 4.69) is 15.2 Å². The number of carbonyl (C=O) groups is 1.